The molecule has 0 bridgehead atoms. The van der Waals surface area contributed by atoms with Gasteiger partial charge in [-0.05, 0) is 56.3 Å². The lowest BCUT2D eigenvalue weighted by Gasteiger charge is -2.26. The molecule has 1 fully saturated rings. The van der Waals surface area contributed by atoms with E-state index in [9.17, 15) is 21.6 Å². The Hall–Kier alpha value is -2.47. The van der Waals surface area contributed by atoms with Crippen molar-refractivity contribution in [3.05, 3.63) is 48.0 Å². The van der Waals surface area contributed by atoms with Gasteiger partial charge in [0.15, 0.2) is 0 Å². The number of sulfonamides is 2. The molecule has 2 aromatic rings. The maximum absolute atomic E-state index is 13.1. The number of methoxy groups -OCH3 is 1. The van der Waals surface area contributed by atoms with Crippen LogP contribution in [0.15, 0.2) is 52.3 Å². The van der Waals surface area contributed by atoms with Gasteiger partial charge in [-0.3, -0.25) is 4.79 Å². The molecule has 0 atom stereocenters. The van der Waals surface area contributed by atoms with Gasteiger partial charge in [0.05, 0.1) is 12.0 Å². The van der Waals surface area contributed by atoms with Crippen molar-refractivity contribution in [1.82, 2.24) is 9.03 Å². The molecule has 0 radical (unpaired) electrons. The molecule has 3 rings (SSSR count). The number of anilines is 1. The molecule has 0 spiro atoms. The Morgan fingerprint density at radius 2 is 1.71 bits per heavy atom. The molecule has 1 saturated heterocycles. The highest BCUT2D eigenvalue weighted by molar-refractivity contribution is 7.89. The first kappa shape index (κ1) is 23.2. The topological polar surface area (TPSA) is 122 Å². The molecule has 0 saturated carbocycles. The molecule has 11 heteroatoms. The molecular weight excluding hydrogens is 442 g/mol. The van der Waals surface area contributed by atoms with Crippen molar-refractivity contribution in [1.29, 1.82) is 0 Å². The smallest absolute Gasteiger partial charge is 0.255 e. The van der Waals surface area contributed by atoms with Gasteiger partial charge in [-0.25, -0.2) is 21.6 Å². The van der Waals surface area contributed by atoms with Crippen molar-refractivity contribution < 1.29 is 26.4 Å². The summed E-state index contributed by atoms with van der Waals surface area (Å²) in [5.41, 5.74) is 0.371. The number of benzene rings is 2. The van der Waals surface area contributed by atoms with E-state index >= 15 is 0 Å². The number of ether oxygens (including phenoxy) is 1. The van der Waals surface area contributed by atoms with Gasteiger partial charge >= 0.3 is 0 Å². The zero-order chi connectivity index (χ0) is 22.6. The van der Waals surface area contributed by atoms with Crippen LogP contribution in [0.2, 0.25) is 0 Å². The molecule has 31 heavy (non-hydrogen) atoms. The van der Waals surface area contributed by atoms with Gasteiger partial charge < -0.3 is 10.1 Å². The third-order valence-electron chi connectivity index (χ3n) is 5.03. The number of rotatable bonds is 7. The Kier molecular flexibility index (Phi) is 6.99. The van der Waals surface area contributed by atoms with Gasteiger partial charge in [0.2, 0.25) is 20.0 Å². The first-order chi connectivity index (χ1) is 14.7. The molecule has 168 valence electrons. The van der Waals surface area contributed by atoms with Gasteiger partial charge in [0.25, 0.3) is 5.91 Å². The van der Waals surface area contributed by atoms with E-state index in [-0.39, 0.29) is 26.8 Å². The first-order valence-electron chi connectivity index (χ1n) is 9.72. The normalized spacial score (nSPS) is 15.4. The summed E-state index contributed by atoms with van der Waals surface area (Å²) in [6, 6.07) is 9.91. The zero-order valence-corrected chi connectivity index (χ0v) is 18.9. The molecule has 0 aliphatic carbocycles. The Morgan fingerprint density at radius 1 is 1.00 bits per heavy atom. The summed E-state index contributed by atoms with van der Waals surface area (Å²) < 4.78 is 59.1. The number of piperidine rings is 1. The van der Waals surface area contributed by atoms with Gasteiger partial charge in [-0.15, -0.1) is 0 Å². The number of nitrogens with one attached hydrogen (secondary N) is 2. The van der Waals surface area contributed by atoms with E-state index in [1.54, 1.807) is 0 Å². The number of hydrogen-bond donors (Lipinski definition) is 2. The third kappa shape index (κ3) is 5.06. The van der Waals surface area contributed by atoms with Crippen LogP contribution in [0.25, 0.3) is 0 Å². The number of carbonyl (C=O) groups is 1. The van der Waals surface area contributed by atoms with Gasteiger partial charge in [-0.2, -0.15) is 4.31 Å². The van der Waals surface area contributed by atoms with Gasteiger partial charge in [0, 0.05) is 24.3 Å². The Labute approximate surface area is 182 Å². The van der Waals surface area contributed by atoms with Crippen molar-refractivity contribution in [2.24, 2.45) is 0 Å². The minimum Gasteiger partial charge on any atom is -0.495 e. The summed E-state index contributed by atoms with van der Waals surface area (Å²) >= 11 is 0. The van der Waals surface area contributed by atoms with E-state index in [0.717, 1.165) is 19.3 Å². The fraction of sp³-hybridized carbons (Fsp3) is 0.350. The lowest BCUT2D eigenvalue weighted by molar-refractivity contribution is 0.102. The fourth-order valence-corrected chi connectivity index (χ4v) is 5.80. The average Bonchev–Trinajstić information content (AvgIpc) is 2.79. The predicted octanol–water partition coefficient (Wildman–Crippen LogP) is 2.03. The van der Waals surface area contributed by atoms with Gasteiger partial charge in [0.1, 0.15) is 10.6 Å². The second-order valence-electron chi connectivity index (χ2n) is 7.02. The summed E-state index contributed by atoms with van der Waals surface area (Å²) in [7, 11) is -4.83. The van der Waals surface area contributed by atoms with Crippen LogP contribution in [0.1, 0.15) is 29.6 Å². The number of nitrogens with zero attached hydrogens (tertiary/aromatic N) is 1. The SMILES string of the molecule is CNS(=O)(=O)c1cccc(C(=O)Nc2ccc(OC)c(S(=O)(=O)N3CCCCC3)c2)c1. The van der Waals surface area contributed by atoms with Gasteiger partial charge in [-0.1, -0.05) is 12.5 Å². The molecule has 0 aromatic heterocycles. The van der Waals surface area contributed by atoms with E-state index in [1.165, 1.54) is 60.9 Å². The molecule has 9 nitrogen and oxygen atoms in total. The molecule has 1 heterocycles. The highest BCUT2D eigenvalue weighted by Crippen LogP contribution is 2.31. The predicted molar refractivity (Wildman–Crippen MR) is 116 cm³/mol. The van der Waals surface area contributed by atoms with Crippen molar-refractivity contribution >= 4 is 31.6 Å². The molecule has 0 unspecified atom stereocenters. The molecule has 2 N–H and O–H groups in total. The van der Waals surface area contributed by atoms with Crippen LogP contribution in [0.5, 0.6) is 5.75 Å². The minimum absolute atomic E-state index is 0.0267. The quantitative estimate of drug-likeness (QED) is 0.643. The highest BCUT2D eigenvalue weighted by Gasteiger charge is 2.29. The Balaban J connectivity index is 1.90. The van der Waals surface area contributed by atoms with Crippen molar-refractivity contribution in [3.8, 4) is 5.75 Å². The lowest BCUT2D eigenvalue weighted by atomic mass is 10.2. The van der Waals surface area contributed by atoms with Crippen molar-refractivity contribution in [3.63, 3.8) is 0 Å². The number of hydrogen-bond acceptors (Lipinski definition) is 6. The highest BCUT2D eigenvalue weighted by atomic mass is 32.2. The number of amides is 1. The number of carbonyl (C=O) groups excluding carboxylic acids is 1. The molecule has 1 aliphatic heterocycles. The van der Waals surface area contributed by atoms with E-state index < -0.39 is 26.0 Å². The summed E-state index contributed by atoms with van der Waals surface area (Å²) in [5.74, 6) is -0.384. The zero-order valence-electron chi connectivity index (χ0n) is 17.3. The van der Waals surface area contributed by atoms with Crippen LogP contribution in [0.3, 0.4) is 0 Å². The Morgan fingerprint density at radius 3 is 2.35 bits per heavy atom. The maximum Gasteiger partial charge on any atom is 0.255 e. The summed E-state index contributed by atoms with van der Waals surface area (Å²) in [6.07, 6.45) is 2.58. The summed E-state index contributed by atoms with van der Waals surface area (Å²) in [6.45, 7) is 0.879. The molecule has 2 aromatic carbocycles. The van der Waals surface area contributed by atoms with Crippen LogP contribution in [0.4, 0.5) is 5.69 Å². The summed E-state index contributed by atoms with van der Waals surface area (Å²) in [4.78, 5) is 12.6. The second kappa shape index (κ2) is 9.35. The van der Waals surface area contributed by atoms with E-state index in [0.29, 0.717) is 13.1 Å². The lowest BCUT2D eigenvalue weighted by Crippen LogP contribution is -2.35. The molecule has 1 amide bonds. The van der Waals surface area contributed by atoms with Crippen LogP contribution in [-0.2, 0) is 20.0 Å². The minimum atomic E-state index is -3.79. The third-order valence-corrected chi connectivity index (χ3v) is 8.36. The summed E-state index contributed by atoms with van der Waals surface area (Å²) in [5, 5.41) is 2.63. The van der Waals surface area contributed by atoms with Crippen molar-refractivity contribution in [2.75, 3.05) is 32.6 Å². The van der Waals surface area contributed by atoms with Crippen LogP contribution < -0.4 is 14.8 Å². The second-order valence-corrected chi connectivity index (χ2v) is 10.8. The first-order valence-corrected chi connectivity index (χ1v) is 12.6. The fourth-order valence-electron chi connectivity index (χ4n) is 3.33. The van der Waals surface area contributed by atoms with Crippen LogP contribution >= 0.6 is 0 Å². The monoisotopic (exact) mass is 467 g/mol. The van der Waals surface area contributed by atoms with Crippen LogP contribution in [-0.4, -0.2) is 54.3 Å². The maximum atomic E-state index is 13.1. The Bertz CT molecular complexity index is 1170. The molecule has 1 aliphatic rings. The molecular formula is C20H25N3O6S2. The van der Waals surface area contributed by atoms with E-state index in [1.807, 2.05) is 0 Å². The largest absolute Gasteiger partial charge is 0.495 e. The van der Waals surface area contributed by atoms with E-state index in [2.05, 4.69) is 10.0 Å². The standard InChI is InChI=1S/C20H25N3O6S2/c1-21-30(25,26)17-8-6-7-15(13-17)20(24)22-16-9-10-18(29-2)19(14-16)31(27,28)23-11-4-3-5-12-23/h6-10,13-14,21H,3-5,11-12H2,1-2H3,(H,22,24). The van der Waals surface area contributed by atoms with E-state index in [4.69, 9.17) is 4.74 Å². The average molecular weight is 468 g/mol. The van der Waals surface area contributed by atoms with Crippen LogP contribution in [0, 0.1) is 0 Å². The van der Waals surface area contributed by atoms with Crippen molar-refractivity contribution in [2.45, 2.75) is 29.1 Å².